The molecule has 0 spiro atoms. The van der Waals surface area contributed by atoms with E-state index in [9.17, 15) is 9.59 Å². The van der Waals surface area contributed by atoms with Crippen molar-refractivity contribution >= 4 is 40.8 Å². The average Bonchev–Trinajstić information content (AvgIpc) is 3.16. The summed E-state index contributed by atoms with van der Waals surface area (Å²) in [6.07, 6.45) is 1.41. The molecule has 0 aliphatic rings. The van der Waals surface area contributed by atoms with Gasteiger partial charge in [-0.15, -0.1) is 0 Å². The summed E-state index contributed by atoms with van der Waals surface area (Å²) in [6.45, 7) is 1.95. The highest BCUT2D eigenvalue weighted by molar-refractivity contribution is 6.30. The molecule has 6 nitrogen and oxygen atoms in total. The molecule has 3 aromatic rings. The third-order valence-corrected chi connectivity index (χ3v) is 4.95. The van der Waals surface area contributed by atoms with Crippen LogP contribution in [0, 0.1) is 0 Å². The molecule has 1 heterocycles. The van der Waals surface area contributed by atoms with Crippen LogP contribution in [-0.2, 0) is 16.0 Å². The number of H-pyrrole nitrogens is 1. The zero-order chi connectivity index (χ0) is 21.5. The second-order valence-corrected chi connectivity index (χ2v) is 7.75. The highest BCUT2D eigenvalue weighted by Gasteiger charge is 2.21. The third-order valence-electron chi connectivity index (χ3n) is 4.47. The Bertz CT molecular complexity index is 1020. The standard InChI is InChI=1S/C22H22Cl2N4O2/c1-2-4-18(25-21(29)12-14-5-3-6-17(24)11-14)22(30)26-20-13-19(27-28-20)15-7-9-16(23)10-8-15/h3,5-11,13,18H,2,4,12H2,1H3,(H,25,29)(H2,26,27,28,30). The van der Waals surface area contributed by atoms with E-state index in [1.165, 1.54) is 0 Å². The van der Waals surface area contributed by atoms with Crippen LogP contribution in [0.1, 0.15) is 25.3 Å². The second kappa shape index (κ2) is 10.3. The largest absolute Gasteiger partial charge is 0.344 e. The van der Waals surface area contributed by atoms with Gasteiger partial charge in [0.05, 0.1) is 12.1 Å². The molecular formula is C22H22Cl2N4O2. The number of aromatic nitrogens is 2. The van der Waals surface area contributed by atoms with Crippen LogP contribution >= 0.6 is 23.2 Å². The van der Waals surface area contributed by atoms with E-state index < -0.39 is 6.04 Å². The van der Waals surface area contributed by atoms with Gasteiger partial charge < -0.3 is 10.6 Å². The van der Waals surface area contributed by atoms with E-state index in [-0.39, 0.29) is 18.2 Å². The topological polar surface area (TPSA) is 86.9 Å². The second-order valence-electron chi connectivity index (χ2n) is 6.88. The van der Waals surface area contributed by atoms with E-state index >= 15 is 0 Å². The number of nitrogens with zero attached hydrogens (tertiary/aromatic N) is 1. The molecule has 30 heavy (non-hydrogen) atoms. The summed E-state index contributed by atoms with van der Waals surface area (Å²) in [5.41, 5.74) is 2.43. The molecule has 156 valence electrons. The van der Waals surface area contributed by atoms with E-state index in [4.69, 9.17) is 23.2 Å². The number of hydrogen-bond acceptors (Lipinski definition) is 3. The molecule has 0 aliphatic carbocycles. The smallest absolute Gasteiger partial charge is 0.248 e. The zero-order valence-corrected chi connectivity index (χ0v) is 17.9. The lowest BCUT2D eigenvalue weighted by Crippen LogP contribution is -2.44. The van der Waals surface area contributed by atoms with Gasteiger partial charge in [-0.3, -0.25) is 14.7 Å². The van der Waals surface area contributed by atoms with Gasteiger partial charge in [-0.25, -0.2) is 0 Å². The molecule has 3 rings (SSSR count). The van der Waals surface area contributed by atoms with Crippen LogP contribution in [0.5, 0.6) is 0 Å². The van der Waals surface area contributed by atoms with Crippen LogP contribution in [0.25, 0.3) is 11.3 Å². The molecule has 0 fully saturated rings. The van der Waals surface area contributed by atoms with Gasteiger partial charge in [0, 0.05) is 16.1 Å². The van der Waals surface area contributed by atoms with E-state index in [1.807, 2.05) is 25.1 Å². The highest BCUT2D eigenvalue weighted by atomic mass is 35.5. The van der Waals surface area contributed by atoms with Gasteiger partial charge in [-0.1, -0.05) is 60.8 Å². The molecule has 0 bridgehead atoms. The average molecular weight is 445 g/mol. The number of aromatic amines is 1. The first-order valence-corrected chi connectivity index (χ1v) is 10.4. The van der Waals surface area contributed by atoms with Crippen molar-refractivity contribution in [3.63, 3.8) is 0 Å². The number of nitrogens with one attached hydrogen (secondary N) is 3. The van der Waals surface area contributed by atoms with Gasteiger partial charge in [0.15, 0.2) is 5.82 Å². The molecule has 0 saturated heterocycles. The summed E-state index contributed by atoms with van der Waals surface area (Å²) in [5.74, 6) is -0.171. The summed E-state index contributed by atoms with van der Waals surface area (Å²) >= 11 is 11.9. The summed E-state index contributed by atoms with van der Waals surface area (Å²) in [6, 6.07) is 15.5. The molecule has 2 aromatic carbocycles. The van der Waals surface area contributed by atoms with Crippen molar-refractivity contribution in [2.45, 2.75) is 32.2 Å². The van der Waals surface area contributed by atoms with Crippen LogP contribution in [0.15, 0.2) is 54.6 Å². The highest BCUT2D eigenvalue weighted by Crippen LogP contribution is 2.22. The summed E-state index contributed by atoms with van der Waals surface area (Å²) < 4.78 is 0. The van der Waals surface area contributed by atoms with Crippen molar-refractivity contribution in [1.82, 2.24) is 15.5 Å². The van der Waals surface area contributed by atoms with E-state index in [2.05, 4.69) is 20.8 Å². The number of anilines is 1. The minimum absolute atomic E-state index is 0.150. The third kappa shape index (κ3) is 6.08. The molecule has 3 N–H and O–H groups in total. The number of carbonyl (C=O) groups is 2. The van der Waals surface area contributed by atoms with Crippen LogP contribution in [-0.4, -0.2) is 28.1 Å². The normalized spacial score (nSPS) is 11.7. The van der Waals surface area contributed by atoms with Crippen molar-refractivity contribution in [1.29, 1.82) is 0 Å². The lowest BCUT2D eigenvalue weighted by atomic mass is 10.1. The number of rotatable bonds is 8. The fourth-order valence-electron chi connectivity index (χ4n) is 3.01. The number of hydrogen-bond donors (Lipinski definition) is 3. The van der Waals surface area contributed by atoms with Crippen molar-refractivity contribution in [3.05, 3.63) is 70.2 Å². The Morgan fingerprint density at radius 1 is 1.07 bits per heavy atom. The van der Waals surface area contributed by atoms with Crippen molar-refractivity contribution in [3.8, 4) is 11.3 Å². The Labute approximate surface area is 185 Å². The lowest BCUT2D eigenvalue weighted by molar-refractivity contribution is -0.126. The predicted molar refractivity (Wildman–Crippen MR) is 120 cm³/mol. The molecule has 1 unspecified atom stereocenters. The van der Waals surface area contributed by atoms with E-state index in [0.717, 1.165) is 23.2 Å². The summed E-state index contributed by atoms with van der Waals surface area (Å²) in [5, 5.41) is 13.8. The van der Waals surface area contributed by atoms with Gasteiger partial charge in [0.2, 0.25) is 11.8 Å². The number of benzene rings is 2. The fourth-order valence-corrected chi connectivity index (χ4v) is 3.35. The Morgan fingerprint density at radius 3 is 2.53 bits per heavy atom. The van der Waals surface area contributed by atoms with Gasteiger partial charge in [0.1, 0.15) is 6.04 Å². The van der Waals surface area contributed by atoms with Gasteiger partial charge >= 0.3 is 0 Å². The predicted octanol–water partition coefficient (Wildman–Crippen LogP) is 4.85. The first-order valence-electron chi connectivity index (χ1n) is 9.60. The number of amides is 2. The Morgan fingerprint density at radius 2 is 1.83 bits per heavy atom. The molecular weight excluding hydrogens is 423 g/mol. The monoisotopic (exact) mass is 444 g/mol. The Hall–Kier alpha value is -2.83. The van der Waals surface area contributed by atoms with Gasteiger partial charge in [0.25, 0.3) is 0 Å². The first-order chi connectivity index (χ1) is 14.4. The quantitative estimate of drug-likeness (QED) is 0.463. The minimum Gasteiger partial charge on any atom is -0.344 e. The fraction of sp³-hybridized carbons (Fsp3) is 0.227. The first kappa shape index (κ1) is 21.9. The molecule has 2 amide bonds. The Balaban J connectivity index is 1.62. The van der Waals surface area contributed by atoms with Crippen LogP contribution in [0.4, 0.5) is 5.82 Å². The van der Waals surface area contributed by atoms with Gasteiger partial charge in [-0.2, -0.15) is 5.10 Å². The maximum atomic E-state index is 12.7. The molecule has 0 saturated carbocycles. The van der Waals surface area contributed by atoms with Crippen molar-refractivity contribution in [2.24, 2.45) is 0 Å². The van der Waals surface area contributed by atoms with Crippen molar-refractivity contribution < 1.29 is 9.59 Å². The zero-order valence-electron chi connectivity index (χ0n) is 16.4. The van der Waals surface area contributed by atoms with Crippen LogP contribution < -0.4 is 10.6 Å². The minimum atomic E-state index is -0.655. The molecule has 1 aromatic heterocycles. The maximum Gasteiger partial charge on any atom is 0.248 e. The number of halogens is 2. The maximum absolute atomic E-state index is 12.7. The number of carbonyl (C=O) groups excluding carboxylic acids is 2. The van der Waals surface area contributed by atoms with Crippen molar-refractivity contribution in [2.75, 3.05) is 5.32 Å². The SMILES string of the molecule is CCCC(NC(=O)Cc1cccc(Cl)c1)C(=O)Nc1cc(-c2ccc(Cl)cc2)[nH]n1. The molecule has 0 radical (unpaired) electrons. The molecule has 8 heteroatoms. The summed E-state index contributed by atoms with van der Waals surface area (Å²) in [7, 11) is 0. The summed E-state index contributed by atoms with van der Waals surface area (Å²) in [4.78, 5) is 25.1. The Kier molecular flexibility index (Phi) is 7.49. The van der Waals surface area contributed by atoms with E-state index in [0.29, 0.717) is 22.3 Å². The molecule has 1 atom stereocenters. The van der Waals surface area contributed by atoms with E-state index in [1.54, 1.807) is 36.4 Å². The molecule has 0 aliphatic heterocycles. The van der Waals surface area contributed by atoms with Crippen LogP contribution in [0.3, 0.4) is 0 Å². The lowest BCUT2D eigenvalue weighted by Gasteiger charge is -2.17. The van der Waals surface area contributed by atoms with Crippen LogP contribution in [0.2, 0.25) is 10.0 Å². The van der Waals surface area contributed by atoms with Gasteiger partial charge in [-0.05, 0) is 41.8 Å².